The fourth-order valence-corrected chi connectivity index (χ4v) is 5.98. The molecule has 6 rings (SSSR count). The molecule has 2 aromatic carbocycles. The molecule has 186 valence electrons. The van der Waals surface area contributed by atoms with Gasteiger partial charge in [0.1, 0.15) is 10.5 Å². The molecule has 3 aromatic heterocycles. The van der Waals surface area contributed by atoms with Gasteiger partial charge in [0.05, 0.1) is 23.2 Å². The lowest BCUT2D eigenvalue weighted by atomic mass is 10.0. The fourth-order valence-electron chi connectivity index (χ4n) is 4.74. The van der Waals surface area contributed by atoms with Crippen LogP contribution in [0.2, 0.25) is 0 Å². The lowest BCUT2D eigenvalue weighted by molar-refractivity contribution is -0.137. The quantitative estimate of drug-likeness (QED) is 0.370. The number of thiophene rings is 1. The average molecular weight is 523 g/mol. The van der Waals surface area contributed by atoms with Gasteiger partial charge in [0, 0.05) is 23.0 Å². The summed E-state index contributed by atoms with van der Waals surface area (Å²) in [7, 11) is 0. The van der Waals surface area contributed by atoms with Crippen molar-refractivity contribution in [3.05, 3.63) is 103 Å². The Morgan fingerprint density at radius 3 is 2.54 bits per heavy atom. The summed E-state index contributed by atoms with van der Waals surface area (Å²) in [5.74, 6) is -0.265. The Balaban J connectivity index is 1.40. The maximum Gasteiger partial charge on any atom is 0.418 e. The van der Waals surface area contributed by atoms with Crippen molar-refractivity contribution in [1.82, 2.24) is 19.4 Å². The summed E-state index contributed by atoms with van der Waals surface area (Å²) in [5, 5.41) is 1.97. The zero-order valence-electron chi connectivity index (χ0n) is 19.0. The second-order valence-corrected chi connectivity index (χ2v) is 9.79. The summed E-state index contributed by atoms with van der Waals surface area (Å²) in [6, 6.07) is 13.8. The number of aromatic nitrogens is 3. The highest BCUT2D eigenvalue weighted by Crippen LogP contribution is 2.35. The van der Waals surface area contributed by atoms with Gasteiger partial charge in [-0.25, -0.2) is 9.36 Å². The number of para-hydroxylation sites is 1. The van der Waals surface area contributed by atoms with E-state index in [1.165, 1.54) is 12.1 Å². The van der Waals surface area contributed by atoms with E-state index in [0.29, 0.717) is 33.7 Å². The maximum absolute atomic E-state index is 13.6. The molecule has 4 heterocycles. The van der Waals surface area contributed by atoms with Crippen LogP contribution in [0.15, 0.2) is 70.4 Å². The lowest BCUT2D eigenvalue weighted by Crippen LogP contribution is -2.37. The molecule has 0 fully saturated rings. The van der Waals surface area contributed by atoms with Crippen molar-refractivity contribution in [2.75, 3.05) is 6.54 Å². The number of pyridine rings is 1. The first-order valence-corrected chi connectivity index (χ1v) is 12.1. The summed E-state index contributed by atoms with van der Waals surface area (Å²) < 4.78 is 41.3. The molecule has 1 N–H and O–H groups in total. The third kappa shape index (κ3) is 3.82. The van der Waals surface area contributed by atoms with Gasteiger partial charge >= 0.3 is 11.9 Å². The number of nitrogens with zero attached hydrogens (tertiary/aromatic N) is 3. The molecule has 11 heteroatoms. The summed E-state index contributed by atoms with van der Waals surface area (Å²) >= 11 is 1.16. The highest BCUT2D eigenvalue weighted by atomic mass is 32.1. The topological polar surface area (TPSA) is 88.1 Å². The van der Waals surface area contributed by atoms with Crippen LogP contribution in [0.1, 0.15) is 26.5 Å². The number of alkyl halides is 3. The predicted molar refractivity (Wildman–Crippen MR) is 133 cm³/mol. The Bertz CT molecular complexity index is 1840. The molecule has 0 saturated heterocycles. The minimum absolute atomic E-state index is 0.174. The number of fused-ring (bicyclic) bond motifs is 4. The second-order valence-electron chi connectivity index (χ2n) is 8.69. The summed E-state index contributed by atoms with van der Waals surface area (Å²) in [6.45, 7) is 0.493. The van der Waals surface area contributed by atoms with Gasteiger partial charge in [-0.1, -0.05) is 36.4 Å². The lowest BCUT2D eigenvalue weighted by Gasteiger charge is -2.26. The molecule has 7 nitrogen and oxygen atoms in total. The maximum atomic E-state index is 13.6. The number of H-pyrrole nitrogens is 1. The van der Waals surface area contributed by atoms with Crippen LogP contribution in [0.4, 0.5) is 13.2 Å². The molecule has 0 saturated carbocycles. The van der Waals surface area contributed by atoms with Crippen molar-refractivity contribution in [3.8, 4) is 5.69 Å². The zero-order chi connectivity index (χ0) is 25.9. The van der Waals surface area contributed by atoms with E-state index in [4.69, 9.17) is 0 Å². The normalized spacial score (nSPS) is 13.8. The molecule has 0 unspecified atom stereocenters. The van der Waals surface area contributed by atoms with Crippen molar-refractivity contribution in [3.63, 3.8) is 0 Å². The average Bonchev–Trinajstić information content (AvgIpc) is 3.25. The van der Waals surface area contributed by atoms with E-state index in [1.807, 2.05) is 24.3 Å². The largest absolute Gasteiger partial charge is 0.418 e. The summed E-state index contributed by atoms with van der Waals surface area (Å²) in [4.78, 5) is 48.9. The number of carbonyl (C=O) groups is 1. The molecule has 0 spiro atoms. The summed E-state index contributed by atoms with van der Waals surface area (Å²) in [6.07, 6.45) is -2.79. The number of amides is 1. The Kier molecular flexibility index (Phi) is 5.27. The van der Waals surface area contributed by atoms with Crippen LogP contribution in [-0.2, 0) is 19.1 Å². The van der Waals surface area contributed by atoms with Gasteiger partial charge in [-0.05, 0) is 35.6 Å². The molecule has 1 aliphatic rings. The molecule has 0 aliphatic carbocycles. The first kappa shape index (κ1) is 23.2. The molecule has 1 aliphatic heterocycles. The molecule has 5 aromatic rings. The Hall–Kier alpha value is -4.25. The van der Waals surface area contributed by atoms with Crippen molar-refractivity contribution in [2.45, 2.75) is 19.1 Å². The van der Waals surface area contributed by atoms with Gasteiger partial charge in [0.25, 0.3) is 11.5 Å². The smallest absolute Gasteiger partial charge is 0.332 e. The van der Waals surface area contributed by atoms with Crippen LogP contribution in [0.3, 0.4) is 0 Å². The predicted octanol–water partition coefficient (Wildman–Crippen LogP) is 4.51. The standard InChI is InChI=1S/C26H17F3N4O3S/c27-26(28,29)17-7-3-4-8-19(17)33-24(35)21-16-9-10-32(13-20(16)37-22(21)31-25(33)36)23(34)18-11-14-5-1-2-6-15(14)12-30-18/h1-8,11-12H,9-10,13H2,(H,31,36). The third-order valence-electron chi connectivity index (χ3n) is 6.49. The molecule has 0 radical (unpaired) electrons. The zero-order valence-corrected chi connectivity index (χ0v) is 19.8. The number of aromatic amines is 1. The Labute approximate surface area is 210 Å². The Morgan fingerprint density at radius 2 is 1.76 bits per heavy atom. The van der Waals surface area contributed by atoms with Crippen LogP contribution in [0.5, 0.6) is 0 Å². The number of halogens is 3. The van der Waals surface area contributed by atoms with E-state index in [9.17, 15) is 27.6 Å². The van der Waals surface area contributed by atoms with E-state index < -0.39 is 28.7 Å². The van der Waals surface area contributed by atoms with Crippen LogP contribution < -0.4 is 11.2 Å². The van der Waals surface area contributed by atoms with E-state index in [1.54, 1.807) is 17.2 Å². The van der Waals surface area contributed by atoms with E-state index >= 15 is 0 Å². The molecular weight excluding hydrogens is 505 g/mol. The van der Waals surface area contributed by atoms with E-state index in [0.717, 1.165) is 34.2 Å². The molecule has 37 heavy (non-hydrogen) atoms. The van der Waals surface area contributed by atoms with Crippen molar-refractivity contribution < 1.29 is 18.0 Å². The van der Waals surface area contributed by atoms with E-state index in [2.05, 4.69) is 9.97 Å². The van der Waals surface area contributed by atoms with Gasteiger partial charge in [0.15, 0.2) is 0 Å². The van der Waals surface area contributed by atoms with Crippen LogP contribution in [0.25, 0.3) is 26.7 Å². The second kappa shape index (κ2) is 8.41. The van der Waals surface area contributed by atoms with Gasteiger partial charge in [0.2, 0.25) is 0 Å². The van der Waals surface area contributed by atoms with Gasteiger partial charge in [-0.3, -0.25) is 19.6 Å². The van der Waals surface area contributed by atoms with Gasteiger partial charge in [-0.15, -0.1) is 11.3 Å². The number of rotatable bonds is 2. The highest BCUT2D eigenvalue weighted by molar-refractivity contribution is 7.18. The molecule has 0 atom stereocenters. The Morgan fingerprint density at radius 1 is 1.03 bits per heavy atom. The van der Waals surface area contributed by atoms with Crippen molar-refractivity contribution >= 4 is 38.2 Å². The highest BCUT2D eigenvalue weighted by Gasteiger charge is 2.35. The molecule has 1 amide bonds. The molecular formula is C26H17F3N4O3S. The SMILES string of the molecule is O=C(c1cc2ccccc2cn1)N1CCc2c(sc3[nH]c(=O)n(-c4ccccc4C(F)(F)F)c(=O)c23)C1. The fraction of sp³-hybridized carbons (Fsp3) is 0.154. The minimum Gasteiger partial charge on any atom is -0.332 e. The van der Waals surface area contributed by atoms with Crippen LogP contribution >= 0.6 is 11.3 Å². The third-order valence-corrected chi connectivity index (χ3v) is 7.62. The number of benzene rings is 2. The van der Waals surface area contributed by atoms with Crippen molar-refractivity contribution in [2.24, 2.45) is 0 Å². The number of carbonyl (C=O) groups excluding carboxylic acids is 1. The minimum atomic E-state index is -4.75. The molecule has 0 bridgehead atoms. The van der Waals surface area contributed by atoms with Crippen LogP contribution in [-0.4, -0.2) is 31.9 Å². The number of nitrogens with one attached hydrogen (secondary N) is 1. The number of hydrogen-bond donors (Lipinski definition) is 1. The first-order chi connectivity index (χ1) is 17.7. The number of hydrogen-bond acceptors (Lipinski definition) is 5. The van der Waals surface area contributed by atoms with Gasteiger partial charge in [-0.2, -0.15) is 13.2 Å². The van der Waals surface area contributed by atoms with Crippen molar-refractivity contribution in [1.29, 1.82) is 0 Å². The van der Waals surface area contributed by atoms with E-state index in [-0.39, 0.29) is 22.7 Å². The first-order valence-electron chi connectivity index (χ1n) is 11.3. The van der Waals surface area contributed by atoms with Crippen LogP contribution in [0, 0.1) is 0 Å². The summed E-state index contributed by atoms with van der Waals surface area (Å²) in [5.41, 5.74) is -2.45. The monoisotopic (exact) mass is 522 g/mol. The van der Waals surface area contributed by atoms with Gasteiger partial charge < -0.3 is 4.90 Å².